The Balaban J connectivity index is 2.14. The molecule has 6 nitrogen and oxygen atoms in total. The molecule has 0 aliphatic carbocycles. The van der Waals surface area contributed by atoms with Gasteiger partial charge in [0.05, 0.1) is 18.6 Å². The highest BCUT2D eigenvalue weighted by Gasteiger charge is 2.22. The Morgan fingerprint density at radius 1 is 1.45 bits per heavy atom. The number of fused-ring (bicyclic) bond motifs is 1. The van der Waals surface area contributed by atoms with Crippen molar-refractivity contribution in [3.63, 3.8) is 0 Å². The average molecular weight is 319 g/mol. The van der Waals surface area contributed by atoms with Gasteiger partial charge in [0.2, 0.25) is 0 Å². The fraction of sp³-hybridized carbons (Fsp3) is 0.267. The molecule has 0 fully saturated rings. The molecule has 0 atom stereocenters. The molecule has 1 N–H and O–H groups in total. The van der Waals surface area contributed by atoms with Gasteiger partial charge in [0.25, 0.3) is 0 Å². The quantitative estimate of drug-likeness (QED) is 0.882. The third-order valence-corrected chi connectivity index (χ3v) is 3.51. The first kappa shape index (κ1) is 14.6. The maximum absolute atomic E-state index is 12.3. The molecule has 1 aromatic heterocycles. The van der Waals surface area contributed by atoms with Crippen LogP contribution in [0.3, 0.4) is 0 Å². The number of nitrogens with zero attached hydrogens (tertiary/aromatic N) is 3. The second-order valence-corrected chi connectivity index (χ2v) is 5.16. The monoisotopic (exact) mass is 318 g/mol. The van der Waals surface area contributed by atoms with Gasteiger partial charge in [-0.15, -0.1) is 0 Å². The van der Waals surface area contributed by atoms with Crippen molar-refractivity contribution in [2.75, 3.05) is 18.5 Å². The van der Waals surface area contributed by atoms with E-state index in [1.54, 1.807) is 37.5 Å². The number of anilines is 1. The highest BCUT2D eigenvalue weighted by atomic mass is 35.5. The number of halogens is 1. The summed E-state index contributed by atoms with van der Waals surface area (Å²) in [6.07, 6.45) is 1.67. The second kappa shape index (κ2) is 6.19. The van der Waals surface area contributed by atoms with Crippen LogP contribution < -0.4 is 10.8 Å². The number of aromatic nitrogens is 2. The average Bonchev–Trinajstić information content (AvgIpc) is 2.98. The van der Waals surface area contributed by atoms with Gasteiger partial charge in [-0.25, -0.2) is 14.8 Å². The summed E-state index contributed by atoms with van der Waals surface area (Å²) in [5, 5.41) is 3.81. The number of carbonyl (C=O) groups is 1. The Morgan fingerprint density at radius 3 is 2.95 bits per heavy atom. The molecule has 0 radical (unpaired) electrons. The zero-order valence-corrected chi connectivity index (χ0v) is 12.8. The molecule has 0 bridgehead atoms. The van der Waals surface area contributed by atoms with Crippen molar-refractivity contribution in [2.24, 2.45) is 4.99 Å². The maximum Gasteiger partial charge on any atom is 0.345 e. The molecule has 1 aromatic carbocycles. The highest BCUT2D eigenvalue weighted by molar-refractivity contribution is 6.30. The summed E-state index contributed by atoms with van der Waals surface area (Å²) in [5.41, 5.74) is 1.36. The standard InChI is InChI=1S/C15H15ClN4O2/c1-2-22-15(21)12-13(18-9-20-8-7-17-14(12)20)19-11-5-3-10(16)4-6-11/h3-6,9,17H,2,7-8H2,1H3. The van der Waals surface area contributed by atoms with Crippen molar-refractivity contribution in [1.82, 2.24) is 9.55 Å². The van der Waals surface area contributed by atoms with E-state index in [1.807, 2.05) is 4.57 Å². The lowest BCUT2D eigenvalue weighted by atomic mass is 10.3. The molecule has 0 amide bonds. The summed E-state index contributed by atoms with van der Waals surface area (Å²) in [6.45, 7) is 3.58. The van der Waals surface area contributed by atoms with Gasteiger partial charge in [0, 0.05) is 18.1 Å². The SMILES string of the molecule is CCOC(=O)c1c2n(cnc1=Nc1ccc(Cl)cc1)CCN2. The van der Waals surface area contributed by atoms with Crippen molar-refractivity contribution in [1.29, 1.82) is 0 Å². The Bertz CT molecular complexity index is 768. The van der Waals surface area contributed by atoms with E-state index in [1.165, 1.54) is 0 Å². The number of rotatable bonds is 3. The first-order chi connectivity index (χ1) is 10.7. The molecule has 2 heterocycles. The minimum Gasteiger partial charge on any atom is -0.462 e. The summed E-state index contributed by atoms with van der Waals surface area (Å²) in [5.74, 6) is 0.266. The van der Waals surface area contributed by atoms with Crippen LogP contribution in [0.1, 0.15) is 17.3 Å². The Labute approximate surface area is 132 Å². The highest BCUT2D eigenvalue weighted by Crippen LogP contribution is 2.19. The molecule has 114 valence electrons. The predicted octanol–water partition coefficient (Wildman–Crippen LogP) is 2.37. The predicted molar refractivity (Wildman–Crippen MR) is 83.3 cm³/mol. The van der Waals surface area contributed by atoms with E-state index in [2.05, 4.69) is 15.3 Å². The van der Waals surface area contributed by atoms with Gasteiger partial charge in [0.1, 0.15) is 11.4 Å². The fourth-order valence-corrected chi connectivity index (χ4v) is 2.39. The number of hydrogen-bond donors (Lipinski definition) is 1. The van der Waals surface area contributed by atoms with Gasteiger partial charge in [0.15, 0.2) is 5.49 Å². The van der Waals surface area contributed by atoms with E-state index in [0.29, 0.717) is 34.2 Å². The van der Waals surface area contributed by atoms with Gasteiger partial charge in [-0.05, 0) is 31.2 Å². The largest absolute Gasteiger partial charge is 0.462 e. The third-order valence-electron chi connectivity index (χ3n) is 3.25. The zero-order valence-electron chi connectivity index (χ0n) is 12.0. The van der Waals surface area contributed by atoms with E-state index >= 15 is 0 Å². The van der Waals surface area contributed by atoms with Crippen LogP contribution in [0.2, 0.25) is 5.02 Å². The summed E-state index contributed by atoms with van der Waals surface area (Å²) in [7, 11) is 0. The lowest BCUT2D eigenvalue weighted by molar-refractivity contribution is 0.0524. The second-order valence-electron chi connectivity index (χ2n) is 4.72. The fourth-order valence-electron chi connectivity index (χ4n) is 2.26. The first-order valence-corrected chi connectivity index (χ1v) is 7.37. The van der Waals surface area contributed by atoms with Gasteiger partial charge >= 0.3 is 5.97 Å². The van der Waals surface area contributed by atoms with Crippen molar-refractivity contribution in [3.05, 3.63) is 46.7 Å². The van der Waals surface area contributed by atoms with Gasteiger partial charge in [-0.2, -0.15) is 0 Å². The molecule has 0 unspecified atom stereocenters. The summed E-state index contributed by atoms with van der Waals surface area (Å²) in [6, 6.07) is 7.02. The molecule has 7 heteroatoms. The molecule has 3 rings (SSSR count). The lowest BCUT2D eigenvalue weighted by Gasteiger charge is -2.09. The third kappa shape index (κ3) is 2.82. The van der Waals surface area contributed by atoms with Crippen molar-refractivity contribution in [3.8, 4) is 0 Å². The Kier molecular flexibility index (Phi) is 4.11. The van der Waals surface area contributed by atoms with Crippen LogP contribution in [0.25, 0.3) is 0 Å². The van der Waals surface area contributed by atoms with Crippen molar-refractivity contribution in [2.45, 2.75) is 13.5 Å². The molecule has 0 saturated carbocycles. The molecule has 0 spiro atoms. The molecular weight excluding hydrogens is 304 g/mol. The van der Waals surface area contributed by atoms with E-state index in [-0.39, 0.29) is 0 Å². The molecular formula is C15H15ClN4O2. The first-order valence-electron chi connectivity index (χ1n) is 6.99. The van der Waals surface area contributed by atoms with Crippen LogP contribution in [0.4, 0.5) is 11.5 Å². The smallest absolute Gasteiger partial charge is 0.345 e. The molecule has 0 saturated heterocycles. The number of nitrogens with one attached hydrogen (secondary N) is 1. The van der Waals surface area contributed by atoms with Crippen LogP contribution in [0.15, 0.2) is 35.6 Å². The summed E-state index contributed by atoms with van der Waals surface area (Å²) in [4.78, 5) is 21.0. The summed E-state index contributed by atoms with van der Waals surface area (Å²) < 4.78 is 7.02. The maximum atomic E-state index is 12.3. The van der Waals surface area contributed by atoms with Gasteiger partial charge in [-0.1, -0.05) is 11.6 Å². The number of esters is 1. The summed E-state index contributed by atoms with van der Waals surface area (Å²) >= 11 is 5.87. The van der Waals surface area contributed by atoms with E-state index in [4.69, 9.17) is 16.3 Å². The topological polar surface area (TPSA) is 68.5 Å². The molecule has 2 aromatic rings. The van der Waals surface area contributed by atoms with Crippen LogP contribution in [0, 0.1) is 0 Å². The number of benzene rings is 1. The minimum absolute atomic E-state index is 0.299. The molecule has 1 aliphatic heterocycles. The number of hydrogen-bond acceptors (Lipinski definition) is 5. The van der Waals surface area contributed by atoms with Gasteiger partial charge < -0.3 is 14.6 Å². The van der Waals surface area contributed by atoms with Gasteiger partial charge in [-0.3, -0.25) is 0 Å². The zero-order chi connectivity index (χ0) is 15.5. The number of carbonyl (C=O) groups excluding carboxylic acids is 1. The van der Waals surface area contributed by atoms with E-state index < -0.39 is 5.97 Å². The minimum atomic E-state index is -0.429. The van der Waals surface area contributed by atoms with Crippen molar-refractivity contribution < 1.29 is 9.53 Å². The Hall–Kier alpha value is -2.34. The molecule has 1 aliphatic rings. The Morgan fingerprint density at radius 2 is 2.23 bits per heavy atom. The van der Waals surface area contributed by atoms with Crippen LogP contribution in [0.5, 0.6) is 0 Å². The van der Waals surface area contributed by atoms with Crippen LogP contribution in [-0.4, -0.2) is 28.7 Å². The normalized spacial score (nSPS) is 13.6. The molecule has 22 heavy (non-hydrogen) atoms. The van der Waals surface area contributed by atoms with Crippen LogP contribution in [-0.2, 0) is 11.3 Å². The lowest BCUT2D eigenvalue weighted by Crippen LogP contribution is -2.24. The van der Waals surface area contributed by atoms with E-state index in [0.717, 1.165) is 13.1 Å². The van der Waals surface area contributed by atoms with E-state index in [9.17, 15) is 4.79 Å². The van der Waals surface area contributed by atoms with Crippen LogP contribution >= 0.6 is 11.6 Å². The number of ether oxygens (including phenoxy) is 1. The van der Waals surface area contributed by atoms with Crippen molar-refractivity contribution >= 4 is 29.1 Å².